The Morgan fingerprint density at radius 3 is 2.07 bits per heavy atom. The first kappa shape index (κ1) is 30.0. The largest absolute Gasteiger partial charge is 0.507 e. The summed E-state index contributed by atoms with van der Waals surface area (Å²) >= 11 is 0. The van der Waals surface area contributed by atoms with E-state index in [2.05, 4.69) is 46.9 Å². The van der Waals surface area contributed by atoms with E-state index in [1.807, 2.05) is 43.3 Å². The number of anilines is 1. The van der Waals surface area contributed by atoms with Crippen molar-refractivity contribution >= 4 is 17.5 Å². The Labute approximate surface area is 243 Å². The molecule has 3 aromatic carbocycles. The second-order valence-corrected chi connectivity index (χ2v) is 12.9. The normalized spacial score (nSPS) is 13.6. The lowest BCUT2D eigenvalue weighted by Gasteiger charge is -2.29. The van der Waals surface area contributed by atoms with E-state index in [0.717, 1.165) is 27.8 Å². The molecule has 0 unspecified atom stereocenters. The SMILES string of the molecule is Cc1ccc([C@H](C(=O)Nc2ccc3c(c2)OCO3)N(C)C(=O)CCc2cc(C(C)(C)C)c(O)c(C(C)(C)C)c2)cc1. The zero-order valence-electron chi connectivity index (χ0n) is 25.4. The lowest BCUT2D eigenvalue weighted by atomic mass is 9.78. The number of benzene rings is 3. The van der Waals surface area contributed by atoms with Crippen LogP contribution in [0.3, 0.4) is 0 Å². The van der Waals surface area contributed by atoms with Gasteiger partial charge in [0.25, 0.3) is 5.91 Å². The van der Waals surface area contributed by atoms with E-state index in [1.165, 1.54) is 4.90 Å². The molecule has 41 heavy (non-hydrogen) atoms. The van der Waals surface area contributed by atoms with E-state index in [-0.39, 0.29) is 35.9 Å². The summed E-state index contributed by atoms with van der Waals surface area (Å²) < 4.78 is 10.8. The van der Waals surface area contributed by atoms with Gasteiger partial charge in [0.2, 0.25) is 12.7 Å². The number of carbonyl (C=O) groups is 2. The van der Waals surface area contributed by atoms with Gasteiger partial charge in [-0.05, 0) is 58.6 Å². The molecule has 0 bridgehead atoms. The smallest absolute Gasteiger partial charge is 0.251 e. The highest BCUT2D eigenvalue weighted by Crippen LogP contribution is 2.40. The van der Waals surface area contributed by atoms with Crippen molar-refractivity contribution in [1.82, 2.24) is 4.90 Å². The fourth-order valence-corrected chi connectivity index (χ4v) is 5.04. The van der Waals surface area contributed by atoms with Gasteiger partial charge in [0.1, 0.15) is 11.8 Å². The van der Waals surface area contributed by atoms with Gasteiger partial charge in [-0.3, -0.25) is 9.59 Å². The number of phenolic OH excluding ortho intramolecular Hbond substituents is 1. The van der Waals surface area contributed by atoms with Crippen molar-refractivity contribution in [2.75, 3.05) is 19.2 Å². The number of amides is 2. The van der Waals surface area contributed by atoms with Gasteiger partial charge in [0.05, 0.1) is 0 Å². The number of carbonyl (C=O) groups excluding carboxylic acids is 2. The van der Waals surface area contributed by atoms with E-state index in [9.17, 15) is 14.7 Å². The average molecular weight is 559 g/mol. The van der Waals surface area contributed by atoms with Gasteiger partial charge in [-0.15, -0.1) is 0 Å². The minimum Gasteiger partial charge on any atom is -0.507 e. The zero-order chi connectivity index (χ0) is 30.1. The maximum atomic E-state index is 13.7. The number of aromatic hydroxyl groups is 1. The summed E-state index contributed by atoms with van der Waals surface area (Å²) in [5.41, 5.74) is 4.53. The van der Waals surface area contributed by atoms with Crippen molar-refractivity contribution in [3.8, 4) is 17.2 Å². The third-order valence-electron chi connectivity index (χ3n) is 7.48. The molecular formula is C34H42N2O5. The summed E-state index contributed by atoms with van der Waals surface area (Å²) in [7, 11) is 1.67. The fraction of sp³-hybridized carbons (Fsp3) is 0.412. The summed E-state index contributed by atoms with van der Waals surface area (Å²) in [6.45, 7) is 14.6. The molecule has 7 heteroatoms. The highest BCUT2D eigenvalue weighted by atomic mass is 16.7. The van der Waals surface area contributed by atoms with Crippen molar-refractivity contribution in [1.29, 1.82) is 0 Å². The standard InChI is InChI=1S/C34H42N2O5/c1-21-9-12-23(13-10-21)30(32(39)35-24-14-15-27-28(19-24)41-20-40-27)36(8)29(37)16-11-22-17-25(33(2,3)4)31(38)26(18-22)34(5,6)7/h9-10,12-15,17-19,30,38H,11,16,20H2,1-8H3,(H,35,39)/t30-/m1/s1. The highest BCUT2D eigenvalue weighted by Gasteiger charge is 2.30. The minimum absolute atomic E-state index is 0.144. The highest BCUT2D eigenvalue weighted by molar-refractivity contribution is 5.98. The van der Waals surface area contributed by atoms with Crippen molar-refractivity contribution in [2.24, 2.45) is 0 Å². The number of rotatable bonds is 7. The van der Waals surface area contributed by atoms with Gasteiger partial charge >= 0.3 is 0 Å². The van der Waals surface area contributed by atoms with Gasteiger partial charge in [-0.25, -0.2) is 0 Å². The van der Waals surface area contributed by atoms with E-state index in [1.54, 1.807) is 25.2 Å². The summed E-state index contributed by atoms with van der Waals surface area (Å²) in [5.74, 6) is 1.04. The average Bonchev–Trinajstić information content (AvgIpc) is 3.35. The second kappa shape index (κ2) is 11.5. The third-order valence-corrected chi connectivity index (χ3v) is 7.48. The summed E-state index contributed by atoms with van der Waals surface area (Å²) in [6.07, 6.45) is 0.702. The molecule has 218 valence electrons. The molecule has 3 aromatic rings. The quantitative estimate of drug-likeness (QED) is 0.333. The van der Waals surface area contributed by atoms with Crippen LogP contribution in [-0.4, -0.2) is 35.7 Å². The predicted octanol–water partition coefficient (Wildman–Crippen LogP) is 6.80. The van der Waals surface area contributed by atoms with Gasteiger partial charge in [-0.2, -0.15) is 0 Å². The second-order valence-electron chi connectivity index (χ2n) is 12.9. The Hall–Kier alpha value is -4.00. The fourth-order valence-electron chi connectivity index (χ4n) is 5.04. The molecule has 1 heterocycles. The molecule has 2 N–H and O–H groups in total. The molecule has 1 atom stereocenters. The van der Waals surface area contributed by atoms with Crippen LogP contribution >= 0.6 is 0 Å². The maximum Gasteiger partial charge on any atom is 0.251 e. The zero-order valence-corrected chi connectivity index (χ0v) is 25.4. The van der Waals surface area contributed by atoms with Crippen LogP contribution in [0.25, 0.3) is 0 Å². The van der Waals surface area contributed by atoms with Crippen LogP contribution in [0.4, 0.5) is 5.69 Å². The van der Waals surface area contributed by atoms with Crippen molar-refractivity contribution in [2.45, 2.75) is 78.2 Å². The Kier molecular flexibility index (Phi) is 8.39. The Morgan fingerprint density at radius 2 is 1.49 bits per heavy atom. The predicted molar refractivity (Wildman–Crippen MR) is 162 cm³/mol. The van der Waals surface area contributed by atoms with Crippen LogP contribution in [0.5, 0.6) is 17.2 Å². The number of hydrogen-bond acceptors (Lipinski definition) is 5. The van der Waals surface area contributed by atoms with Crippen molar-refractivity contribution in [3.05, 3.63) is 82.4 Å². The molecule has 7 nitrogen and oxygen atoms in total. The van der Waals surface area contributed by atoms with E-state index < -0.39 is 6.04 Å². The first-order valence-electron chi connectivity index (χ1n) is 14.0. The molecule has 0 saturated carbocycles. The first-order chi connectivity index (χ1) is 19.1. The van der Waals surface area contributed by atoms with Crippen LogP contribution < -0.4 is 14.8 Å². The lowest BCUT2D eigenvalue weighted by Crippen LogP contribution is -2.38. The molecule has 0 spiro atoms. The molecule has 1 aliphatic rings. The number of ether oxygens (including phenoxy) is 2. The number of likely N-dealkylation sites (N-methyl/N-ethyl adjacent to an activating group) is 1. The molecular weight excluding hydrogens is 516 g/mol. The minimum atomic E-state index is -0.830. The van der Waals surface area contributed by atoms with E-state index in [0.29, 0.717) is 29.4 Å². The number of aryl methyl sites for hydroxylation is 2. The van der Waals surface area contributed by atoms with Gasteiger partial charge in [0, 0.05) is 25.2 Å². The first-order valence-corrected chi connectivity index (χ1v) is 14.0. The van der Waals surface area contributed by atoms with Crippen LogP contribution in [0.2, 0.25) is 0 Å². The van der Waals surface area contributed by atoms with Gasteiger partial charge in [-0.1, -0.05) is 83.5 Å². The number of nitrogens with zero attached hydrogens (tertiary/aromatic N) is 1. The van der Waals surface area contributed by atoms with Gasteiger partial charge in [0.15, 0.2) is 11.5 Å². The molecule has 0 radical (unpaired) electrons. The lowest BCUT2D eigenvalue weighted by molar-refractivity contribution is -0.137. The van der Waals surface area contributed by atoms with Gasteiger partial charge < -0.3 is 24.8 Å². The number of hydrogen-bond donors (Lipinski definition) is 2. The molecule has 0 aliphatic carbocycles. The summed E-state index contributed by atoms with van der Waals surface area (Å²) in [4.78, 5) is 28.8. The van der Waals surface area contributed by atoms with Crippen LogP contribution in [0.1, 0.15) is 81.8 Å². The number of nitrogens with one attached hydrogen (secondary N) is 1. The maximum absolute atomic E-state index is 13.7. The Morgan fingerprint density at radius 1 is 0.902 bits per heavy atom. The number of fused-ring (bicyclic) bond motifs is 1. The Balaban J connectivity index is 1.57. The van der Waals surface area contributed by atoms with E-state index >= 15 is 0 Å². The molecule has 0 fully saturated rings. The molecule has 1 aliphatic heterocycles. The van der Waals surface area contributed by atoms with Crippen molar-refractivity contribution in [3.63, 3.8) is 0 Å². The van der Waals surface area contributed by atoms with Crippen molar-refractivity contribution < 1.29 is 24.2 Å². The molecule has 4 rings (SSSR count). The molecule has 2 amide bonds. The third kappa shape index (κ3) is 6.84. The topological polar surface area (TPSA) is 88.1 Å². The molecule has 0 saturated heterocycles. The monoisotopic (exact) mass is 558 g/mol. The van der Waals surface area contributed by atoms with E-state index in [4.69, 9.17) is 9.47 Å². The van der Waals surface area contributed by atoms with Crippen LogP contribution in [0.15, 0.2) is 54.6 Å². The molecule has 0 aromatic heterocycles. The van der Waals surface area contributed by atoms with Crippen LogP contribution in [0, 0.1) is 6.92 Å². The Bertz CT molecular complexity index is 1400. The summed E-state index contributed by atoms with van der Waals surface area (Å²) in [6, 6.07) is 16.0. The van der Waals surface area contributed by atoms with Crippen LogP contribution in [-0.2, 0) is 26.8 Å². The summed E-state index contributed by atoms with van der Waals surface area (Å²) in [5, 5.41) is 14.0. The number of phenols is 1.